The van der Waals surface area contributed by atoms with Crippen LogP contribution in [0.25, 0.3) is 0 Å². The van der Waals surface area contributed by atoms with Gasteiger partial charge in [-0.25, -0.2) is 0 Å². The summed E-state index contributed by atoms with van der Waals surface area (Å²) in [6.07, 6.45) is 3.49. The average Bonchev–Trinajstić information content (AvgIpc) is 1.82. The average molecular weight is 157 g/mol. The third-order valence-corrected chi connectivity index (χ3v) is 2.35. The van der Waals surface area contributed by atoms with E-state index in [0.717, 1.165) is 19.4 Å². The summed E-state index contributed by atoms with van der Waals surface area (Å²) >= 11 is 0. The molecule has 0 atom stereocenters. The zero-order valence-electron chi connectivity index (χ0n) is 6.89. The molecule has 0 unspecified atom stereocenters. The SMILES string of the molecule is CCNC1(CC(=O)O)CCC1. The summed E-state index contributed by atoms with van der Waals surface area (Å²) in [6.45, 7) is 2.88. The van der Waals surface area contributed by atoms with E-state index in [4.69, 9.17) is 5.11 Å². The maximum atomic E-state index is 10.4. The monoisotopic (exact) mass is 157 g/mol. The number of carbonyl (C=O) groups is 1. The van der Waals surface area contributed by atoms with Crippen LogP contribution in [0, 0.1) is 0 Å². The van der Waals surface area contributed by atoms with E-state index in [1.165, 1.54) is 6.42 Å². The first-order valence-electron chi connectivity index (χ1n) is 4.15. The molecular formula is C8H15NO2. The molecule has 1 fully saturated rings. The van der Waals surface area contributed by atoms with Crippen LogP contribution in [0.3, 0.4) is 0 Å². The molecular weight excluding hydrogens is 142 g/mol. The van der Waals surface area contributed by atoms with Crippen LogP contribution in [0.1, 0.15) is 32.6 Å². The van der Waals surface area contributed by atoms with Crippen molar-refractivity contribution in [1.82, 2.24) is 5.32 Å². The molecule has 0 aromatic heterocycles. The van der Waals surface area contributed by atoms with Crippen LogP contribution in [0.5, 0.6) is 0 Å². The first-order valence-corrected chi connectivity index (χ1v) is 4.15. The minimum absolute atomic E-state index is 0.0550. The van der Waals surface area contributed by atoms with E-state index in [1.807, 2.05) is 6.92 Å². The standard InChI is InChI=1S/C8H15NO2/c1-2-9-8(4-3-5-8)6-7(10)11/h9H,2-6H2,1H3,(H,10,11). The third kappa shape index (κ3) is 1.93. The van der Waals surface area contributed by atoms with Crippen molar-refractivity contribution in [2.24, 2.45) is 0 Å². The Morgan fingerprint density at radius 1 is 1.64 bits per heavy atom. The van der Waals surface area contributed by atoms with Crippen LogP contribution in [0.2, 0.25) is 0 Å². The molecule has 0 aliphatic heterocycles. The second kappa shape index (κ2) is 3.22. The van der Waals surface area contributed by atoms with Gasteiger partial charge in [-0.2, -0.15) is 0 Å². The van der Waals surface area contributed by atoms with E-state index in [9.17, 15) is 4.79 Å². The van der Waals surface area contributed by atoms with Crippen LogP contribution in [0.15, 0.2) is 0 Å². The quantitative estimate of drug-likeness (QED) is 0.640. The fraction of sp³-hybridized carbons (Fsp3) is 0.875. The molecule has 3 nitrogen and oxygen atoms in total. The fourth-order valence-electron chi connectivity index (χ4n) is 1.68. The molecule has 64 valence electrons. The van der Waals surface area contributed by atoms with E-state index in [1.54, 1.807) is 0 Å². The second-order valence-electron chi connectivity index (χ2n) is 3.23. The lowest BCUT2D eigenvalue weighted by atomic mass is 9.74. The van der Waals surface area contributed by atoms with Crippen molar-refractivity contribution in [2.75, 3.05) is 6.54 Å². The predicted molar refractivity (Wildman–Crippen MR) is 42.5 cm³/mol. The summed E-state index contributed by atoms with van der Waals surface area (Å²) in [5, 5.41) is 11.8. The highest BCUT2D eigenvalue weighted by molar-refractivity contribution is 5.68. The summed E-state index contributed by atoms with van der Waals surface area (Å²) in [6, 6.07) is 0. The van der Waals surface area contributed by atoms with E-state index < -0.39 is 5.97 Å². The maximum absolute atomic E-state index is 10.4. The van der Waals surface area contributed by atoms with Gasteiger partial charge in [-0.05, 0) is 25.8 Å². The Bertz CT molecular complexity index is 152. The molecule has 0 spiro atoms. The van der Waals surface area contributed by atoms with Crippen LogP contribution in [-0.2, 0) is 4.79 Å². The Hall–Kier alpha value is -0.570. The van der Waals surface area contributed by atoms with Gasteiger partial charge in [0.05, 0.1) is 6.42 Å². The molecule has 11 heavy (non-hydrogen) atoms. The van der Waals surface area contributed by atoms with Gasteiger partial charge in [-0.15, -0.1) is 0 Å². The van der Waals surface area contributed by atoms with Crippen LogP contribution in [-0.4, -0.2) is 23.2 Å². The molecule has 0 amide bonds. The Kier molecular flexibility index (Phi) is 2.49. The van der Waals surface area contributed by atoms with Crippen LogP contribution in [0.4, 0.5) is 0 Å². The fourth-order valence-corrected chi connectivity index (χ4v) is 1.68. The van der Waals surface area contributed by atoms with Crippen molar-refractivity contribution in [3.8, 4) is 0 Å². The normalized spacial score (nSPS) is 20.8. The molecule has 0 saturated heterocycles. The van der Waals surface area contributed by atoms with Gasteiger partial charge in [0.25, 0.3) is 0 Å². The van der Waals surface area contributed by atoms with Crippen molar-refractivity contribution < 1.29 is 9.90 Å². The lowest BCUT2D eigenvalue weighted by molar-refractivity contribution is -0.139. The van der Waals surface area contributed by atoms with Crippen LogP contribution < -0.4 is 5.32 Å². The summed E-state index contributed by atoms with van der Waals surface area (Å²) in [7, 11) is 0. The van der Waals surface area contributed by atoms with Gasteiger partial charge in [0.2, 0.25) is 0 Å². The largest absolute Gasteiger partial charge is 0.481 e. The number of hydrogen-bond acceptors (Lipinski definition) is 2. The molecule has 0 heterocycles. The number of rotatable bonds is 4. The maximum Gasteiger partial charge on any atom is 0.305 e. The van der Waals surface area contributed by atoms with Gasteiger partial charge in [-0.1, -0.05) is 6.92 Å². The summed E-state index contributed by atoms with van der Waals surface area (Å²) in [5.41, 5.74) is -0.0550. The van der Waals surface area contributed by atoms with Crippen molar-refractivity contribution in [3.05, 3.63) is 0 Å². The van der Waals surface area contributed by atoms with Gasteiger partial charge >= 0.3 is 5.97 Å². The number of nitrogens with one attached hydrogen (secondary N) is 1. The van der Waals surface area contributed by atoms with Gasteiger partial charge in [0.15, 0.2) is 0 Å². The minimum Gasteiger partial charge on any atom is -0.481 e. The van der Waals surface area contributed by atoms with Crippen LogP contribution >= 0.6 is 0 Å². The van der Waals surface area contributed by atoms with Crippen molar-refractivity contribution in [3.63, 3.8) is 0 Å². The number of aliphatic carboxylic acids is 1. The lowest BCUT2D eigenvalue weighted by Crippen LogP contribution is -2.52. The zero-order valence-corrected chi connectivity index (χ0v) is 6.89. The molecule has 0 aromatic rings. The first-order chi connectivity index (χ1) is 5.18. The van der Waals surface area contributed by atoms with Gasteiger partial charge in [-0.3, -0.25) is 4.79 Å². The Morgan fingerprint density at radius 2 is 2.27 bits per heavy atom. The number of carboxylic acids is 1. The first kappa shape index (κ1) is 8.53. The Morgan fingerprint density at radius 3 is 2.55 bits per heavy atom. The molecule has 1 rings (SSSR count). The summed E-state index contributed by atoms with van der Waals surface area (Å²) < 4.78 is 0. The molecule has 0 aromatic carbocycles. The van der Waals surface area contributed by atoms with E-state index in [0.29, 0.717) is 0 Å². The highest BCUT2D eigenvalue weighted by Gasteiger charge is 2.37. The molecule has 2 N–H and O–H groups in total. The number of carboxylic acid groups (broad SMARTS) is 1. The molecule has 1 aliphatic rings. The van der Waals surface area contributed by atoms with Gasteiger partial charge in [0, 0.05) is 5.54 Å². The van der Waals surface area contributed by atoms with Gasteiger partial charge in [0.1, 0.15) is 0 Å². The van der Waals surface area contributed by atoms with E-state index in [-0.39, 0.29) is 12.0 Å². The zero-order chi connectivity index (χ0) is 8.32. The lowest BCUT2D eigenvalue weighted by Gasteiger charge is -2.41. The van der Waals surface area contributed by atoms with Crippen molar-refractivity contribution in [1.29, 1.82) is 0 Å². The molecule has 1 saturated carbocycles. The summed E-state index contributed by atoms with van der Waals surface area (Å²) in [5.74, 6) is -0.689. The molecule has 0 bridgehead atoms. The second-order valence-corrected chi connectivity index (χ2v) is 3.23. The van der Waals surface area contributed by atoms with E-state index in [2.05, 4.69) is 5.32 Å². The minimum atomic E-state index is -0.689. The number of hydrogen-bond donors (Lipinski definition) is 2. The van der Waals surface area contributed by atoms with Crippen molar-refractivity contribution in [2.45, 2.75) is 38.1 Å². The Balaban J connectivity index is 2.39. The highest BCUT2D eigenvalue weighted by Crippen LogP contribution is 2.34. The highest BCUT2D eigenvalue weighted by atomic mass is 16.4. The third-order valence-electron chi connectivity index (χ3n) is 2.35. The Labute approximate surface area is 66.8 Å². The molecule has 3 heteroatoms. The summed E-state index contributed by atoms with van der Waals surface area (Å²) in [4.78, 5) is 10.4. The predicted octanol–water partition coefficient (Wildman–Crippen LogP) is 0.993. The van der Waals surface area contributed by atoms with Gasteiger partial charge < -0.3 is 10.4 Å². The van der Waals surface area contributed by atoms with E-state index >= 15 is 0 Å². The van der Waals surface area contributed by atoms with Crippen molar-refractivity contribution >= 4 is 5.97 Å². The topological polar surface area (TPSA) is 49.3 Å². The molecule has 1 aliphatic carbocycles. The molecule has 0 radical (unpaired) electrons. The smallest absolute Gasteiger partial charge is 0.305 e.